The number of carbonyl (C=O) groups is 2. The number of carbonyl (C=O) groups excluding carboxylic acids is 2. The third-order valence-electron chi connectivity index (χ3n) is 7.62. The minimum atomic E-state index is -0.605. The van der Waals surface area contributed by atoms with Gasteiger partial charge in [0, 0.05) is 31.1 Å². The number of likely N-dealkylation sites (tertiary alicyclic amines) is 1. The maximum Gasteiger partial charge on any atom is 0.323 e. The number of aliphatic hydroxyl groups is 1. The number of nitrogens with zero attached hydrogens (tertiary/aromatic N) is 1. The molecule has 0 saturated carbocycles. The van der Waals surface area contributed by atoms with E-state index in [9.17, 15) is 14.7 Å². The van der Waals surface area contributed by atoms with Crippen molar-refractivity contribution in [2.45, 2.75) is 90.8 Å². The lowest BCUT2D eigenvalue weighted by Gasteiger charge is -2.43. The summed E-state index contributed by atoms with van der Waals surface area (Å²) < 4.78 is 18.9. The fraction of sp³-hybridized carbons (Fsp3) is 0.562. The molecule has 0 aliphatic carbocycles. The van der Waals surface area contributed by atoms with Crippen molar-refractivity contribution in [1.82, 2.24) is 15.5 Å². The Morgan fingerprint density at radius 3 is 2.29 bits per heavy atom. The van der Waals surface area contributed by atoms with Gasteiger partial charge in [0.05, 0.1) is 18.8 Å². The summed E-state index contributed by atoms with van der Waals surface area (Å²) in [6.45, 7) is 12.1. The van der Waals surface area contributed by atoms with Crippen LogP contribution in [0.1, 0.15) is 82.1 Å². The number of aliphatic hydroxyl groups excluding tert-OH is 1. The normalized spacial score (nSPS) is 25.1. The van der Waals surface area contributed by atoms with Crippen molar-refractivity contribution in [3.05, 3.63) is 70.8 Å². The summed E-state index contributed by atoms with van der Waals surface area (Å²) in [6, 6.07) is 15.2. The Labute approximate surface area is 243 Å². The van der Waals surface area contributed by atoms with Crippen LogP contribution in [-0.2, 0) is 32.2 Å². The van der Waals surface area contributed by atoms with E-state index in [2.05, 4.69) is 22.5 Å². The first-order valence-corrected chi connectivity index (χ1v) is 14.7. The number of hydrogen-bond donors (Lipinski definition) is 3. The molecule has 0 radical (unpaired) electrons. The lowest BCUT2D eigenvalue weighted by atomic mass is 9.90. The molecule has 2 aromatic carbocycles. The highest BCUT2D eigenvalue weighted by atomic mass is 16.7. The molecule has 2 heterocycles. The molecule has 2 amide bonds. The quantitative estimate of drug-likeness (QED) is 0.380. The van der Waals surface area contributed by atoms with Gasteiger partial charge in [0.1, 0.15) is 11.6 Å². The number of esters is 1. The Kier molecular flexibility index (Phi) is 10.4. The van der Waals surface area contributed by atoms with Gasteiger partial charge in [-0.05, 0) is 63.8 Å². The average molecular weight is 568 g/mol. The van der Waals surface area contributed by atoms with E-state index in [1.807, 2.05) is 76.2 Å². The van der Waals surface area contributed by atoms with E-state index in [0.29, 0.717) is 19.6 Å². The molecule has 0 unspecified atom stereocenters. The molecule has 0 spiro atoms. The number of hydrogen-bond acceptors (Lipinski definition) is 7. The lowest BCUT2D eigenvalue weighted by molar-refractivity contribution is -0.276. The first kappa shape index (κ1) is 31.0. The first-order chi connectivity index (χ1) is 19.6. The summed E-state index contributed by atoms with van der Waals surface area (Å²) in [5.74, 6) is -0.175. The van der Waals surface area contributed by atoms with Crippen molar-refractivity contribution in [2.24, 2.45) is 5.92 Å². The Bertz CT molecular complexity index is 1150. The number of amides is 2. The molecular weight excluding hydrogens is 522 g/mol. The summed E-state index contributed by atoms with van der Waals surface area (Å²) >= 11 is 0. The summed E-state index contributed by atoms with van der Waals surface area (Å²) in [5, 5.41) is 15.1. The van der Waals surface area contributed by atoms with Crippen molar-refractivity contribution in [3.8, 4) is 0 Å². The van der Waals surface area contributed by atoms with Crippen LogP contribution in [0.2, 0.25) is 0 Å². The Balaban J connectivity index is 1.53. The van der Waals surface area contributed by atoms with Gasteiger partial charge in [0.2, 0.25) is 0 Å². The van der Waals surface area contributed by atoms with Crippen LogP contribution in [0, 0.1) is 5.92 Å². The van der Waals surface area contributed by atoms with Gasteiger partial charge in [-0.2, -0.15) is 0 Å². The van der Waals surface area contributed by atoms with Crippen molar-refractivity contribution in [1.29, 1.82) is 0 Å². The van der Waals surface area contributed by atoms with Crippen molar-refractivity contribution < 1.29 is 28.9 Å². The van der Waals surface area contributed by atoms with Gasteiger partial charge in [-0.1, -0.05) is 55.5 Å². The van der Waals surface area contributed by atoms with Gasteiger partial charge in [0.25, 0.3) is 0 Å². The number of rotatable bonds is 9. The molecule has 0 bridgehead atoms. The van der Waals surface area contributed by atoms with Crippen LogP contribution in [0.25, 0.3) is 0 Å². The second-order valence-corrected chi connectivity index (χ2v) is 12.0. The van der Waals surface area contributed by atoms with Crippen LogP contribution in [0.15, 0.2) is 48.5 Å². The van der Waals surface area contributed by atoms with Gasteiger partial charge in [0.15, 0.2) is 6.29 Å². The standard InChI is InChI=1S/C32H45N3O6/c1-6-33-31(38)34-18-22-9-15-25(16-10-22)30-39-27(19-35-17-7-8-26(35)29(37)41-32(3,4)5)21(2)28(40-30)24-13-11-23(20-36)12-14-24/h9-16,21,26-28,30,36H,6-8,17-20H2,1-5H3,(H2,33,34,38)/t21-,26-,27+,28+,30+/m0/s1. The highest BCUT2D eigenvalue weighted by molar-refractivity contribution is 5.76. The van der Waals surface area contributed by atoms with E-state index >= 15 is 0 Å². The second kappa shape index (κ2) is 13.8. The SMILES string of the molecule is CCNC(=O)NCc1ccc([C@@H]2O[C@H](CN3CCC[C@H]3C(=O)OC(C)(C)C)[C@H](C)[C@H](c3ccc(CO)cc3)O2)cc1. The van der Waals surface area contributed by atoms with Crippen molar-refractivity contribution in [3.63, 3.8) is 0 Å². The van der Waals surface area contributed by atoms with Crippen LogP contribution >= 0.6 is 0 Å². The molecule has 5 atom stereocenters. The average Bonchev–Trinajstić information content (AvgIpc) is 3.41. The molecular formula is C32H45N3O6. The fourth-order valence-corrected chi connectivity index (χ4v) is 5.44. The van der Waals surface area contributed by atoms with E-state index in [1.165, 1.54) is 0 Å². The Morgan fingerprint density at radius 1 is 1.00 bits per heavy atom. The van der Waals surface area contributed by atoms with E-state index < -0.39 is 11.9 Å². The van der Waals surface area contributed by atoms with E-state index in [4.69, 9.17) is 14.2 Å². The largest absolute Gasteiger partial charge is 0.459 e. The van der Waals surface area contributed by atoms with Crippen LogP contribution < -0.4 is 10.6 Å². The smallest absolute Gasteiger partial charge is 0.323 e. The zero-order chi connectivity index (χ0) is 29.6. The zero-order valence-electron chi connectivity index (χ0n) is 24.9. The maximum absolute atomic E-state index is 13.0. The third kappa shape index (κ3) is 8.29. The summed E-state index contributed by atoms with van der Waals surface area (Å²) in [6.07, 6.45) is 0.662. The predicted octanol–water partition coefficient (Wildman–Crippen LogP) is 4.60. The molecule has 2 aromatic rings. The lowest BCUT2D eigenvalue weighted by Crippen LogP contribution is -2.48. The minimum absolute atomic E-state index is 0.00617. The summed E-state index contributed by atoms with van der Waals surface area (Å²) in [4.78, 5) is 27.0. The molecule has 3 N–H and O–H groups in total. The van der Waals surface area contributed by atoms with E-state index in [0.717, 1.165) is 41.6 Å². The highest BCUT2D eigenvalue weighted by Crippen LogP contribution is 2.42. The predicted molar refractivity (Wildman–Crippen MR) is 156 cm³/mol. The third-order valence-corrected chi connectivity index (χ3v) is 7.62. The molecule has 2 fully saturated rings. The monoisotopic (exact) mass is 567 g/mol. The molecule has 2 saturated heterocycles. The summed E-state index contributed by atoms with van der Waals surface area (Å²) in [7, 11) is 0. The van der Waals surface area contributed by atoms with Crippen LogP contribution in [0.5, 0.6) is 0 Å². The molecule has 2 aliphatic heterocycles. The van der Waals surface area contributed by atoms with E-state index in [-0.39, 0.29) is 42.8 Å². The molecule has 4 rings (SSSR count). The zero-order valence-corrected chi connectivity index (χ0v) is 24.9. The van der Waals surface area contributed by atoms with Gasteiger partial charge in [-0.25, -0.2) is 4.79 Å². The molecule has 224 valence electrons. The number of urea groups is 1. The Hall–Kier alpha value is -2.98. The van der Waals surface area contributed by atoms with Crippen LogP contribution in [0.3, 0.4) is 0 Å². The topological polar surface area (TPSA) is 109 Å². The molecule has 9 nitrogen and oxygen atoms in total. The second-order valence-electron chi connectivity index (χ2n) is 12.0. The maximum atomic E-state index is 13.0. The van der Waals surface area contributed by atoms with Crippen molar-refractivity contribution >= 4 is 12.0 Å². The highest BCUT2D eigenvalue weighted by Gasteiger charge is 2.42. The molecule has 41 heavy (non-hydrogen) atoms. The minimum Gasteiger partial charge on any atom is -0.459 e. The van der Waals surface area contributed by atoms with Crippen molar-refractivity contribution in [2.75, 3.05) is 19.6 Å². The summed E-state index contributed by atoms with van der Waals surface area (Å²) in [5.41, 5.74) is 3.17. The Morgan fingerprint density at radius 2 is 1.66 bits per heavy atom. The fourth-order valence-electron chi connectivity index (χ4n) is 5.44. The number of nitrogens with one attached hydrogen (secondary N) is 2. The van der Waals surface area contributed by atoms with Crippen LogP contribution in [0.4, 0.5) is 4.79 Å². The number of benzene rings is 2. The molecule has 0 aromatic heterocycles. The number of ether oxygens (including phenoxy) is 3. The first-order valence-electron chi connectivity index (χ1n) is 14.7. The van der Waals surface area contributed by atoms with Gasteiger partial charge < -0.3 is 30.0 Å². The van der Waals surface area contributed by atoms with Gasteiger partial charge in [-0.3, -0.25) is 9.69 Å². The van der Waals surface area contributed by atoms with Crippen LogP contribution in [-0.4, -0.2) is 59.4 Å². The van der Waals surface area contributed by atoms with Gasteiger partial charge >= 0.3 is 12.0 Å². The molecule has 2 aliphatic rings. The van der Waals surface area contributed by atoms with Gasteiger partial charge in [-0.15, -0.1) is 0 Å². The van der Waals surface area contributed by atoms with E-state index in [1.54, 1.807) is 0 Å². The molecule has 9 heteroatoms.